The predicted octanol–water partition coefficient (Wildman–Crippen LogP) is 3.42. The number of nitrogens with one attached hydrogen (secondary N) is 4. The van der Waals surface area contributed by atoms with E-state index in [0.717, 1.165) is 24.8 Å². The van der Waals surface area contributed by atoms with Crippen molar-refractivity contribution in [2.24, 2.45) is 34.3 Å². The summed E-state index contributed by atoms with van der Waals surface area (Å²) in [6, 6.07) is 4.80. The number of carbonyl (C=O) groups is 6. The first kappa shape index (κ1) is 39.5. The van der Waals surface area contributed by atoms with Gasteiger partial charge < -0.3 is 31.9 Å². The Balaban J connectivity index is 1.79. The Labute approximate surface area is 291 Å². The van der Waals surface area contributed by atoms with Gasteiger partial charge in [-0.1, -0.05) is 105 Å². The third kappa shape index (κ3) is 10.8. The van der Waals surface area contributed by atoms with Gasteiger partial charge in [0.15, 0.2) is 0 Å². The first-order valence-corrected chi connectivity index (χ1v) is 17.6. The SMILES string of the molecule is CC(C)[C@H]1CCN(C(=O)[C@@H](NC(=O)N[C@H](C(=O)NCc2ccccc2)C(C)(C)C)C(C)(C)C)[C@@H]1C(=O)NC(CCC1CCC1)C(=O)C(N)=O. The number of amides is 6. The topological polar surface area (TPSA) is 180 Å². The van der Waals surface area contributed by atoms with E-state index in [1.54, 1.807) is 0 Å². The molecule has 272 valence electrons. The molecule has 0 bridgehead atoms. The average Bonchev–Trinajstić information content (AvgIpc) is 3.44. The first-order valence-electron chi connectivity index (χ1n) is 17.6. The molecule has 3 rings (SSSR count). The van der Waals surface area contributed by atoms with Gasteiger partial charge in [0.05, 0.1) is 6.04 Å². The minimum Gasteiger partial charge on any atom is -0.363 e. The van der Waals surface area contributed by atoms with Crippen LogP contribution >= 0.6 is 0 Å². The zero-order chi connectivity index (χ0) is 36.7. The van der Waals surface area contributed by atoms with E-state index in [1.807, 2.05) is 85.7 Å². The van der Waals surface area contributed by atoms with E-state index in [4.69, 9.17) is 5.73 Å². The van der Waals surface area contributed by atoms with Gasteiger partial charge in [-0.05, 0) is 53.4 Å². The Morgan fingerprint density at radius 1 is 0.857 bits per heavy atom. The predicted molar refractivity (Wildman–Crippen MR) is 188 cm³/mol. The van der Waals surface area contributed by atoms with Crippen molar-refractivity contribution in [3.05, 3.63) is 35.9 Å². The summed E-state index contributed by atoms with van der Waals surface area (Å²) in [6.45, 7) is 15.5. The summed E-state index contributed by atoms with van der Waals surface area (Å²) in [5, 5.41) is 11.3. The maximum absolute atomic E-state index is 14.4. The lowest BCUT2D eigenvalue weighted by Gasteiger charge is -2.38. The van der Waals surface area contributed by atoms with Crippen molar-refractivity contribution in [1.82, 2.24) is 26.2 Å². The van der Waals surface area contributed by atoms with Crippen LogP contribution in [0.15, 0.2) is 30.3 Å². The van der Waals surface area contributed by atoms with Crippen LogP contribution in [-0.2, 0) is 30.5 Å². The van der Waals surface area contributed by atoms with Gasteiger partial charge in [-0.15, -0.1) is 0 Å². The Hall–Kier alpha value is -3.96. The van der Waals surface area contributed by atoms with E-state index in [2.05, 4.69) is 21.3 Å². The highest BCUT2D eigenvalue weighted by molar-refractivity contribution is 6.37. The van der Waals surface area contributed by atoms with Crippen molar-refractivity contribution < 1.29 is 28.8 Å². The smallest absolute Gasteiger partial charge is 0.316 e. The van der Waals surface area contributed by atoms with Crippen molar-refractivity contribution in [3.63, 3.8) is 0 Å². The fourth-order valence-electron chi connectivity index (χ4n) is 6.66. The van der Waals surface area contributed by atoms with Crippen molar-refractivity contribution >= 4 is 35.4 Å². The van der Waals surface area contributed by atoms with Gasteiger partial charge in [0.1, 0.15) is 18.1 Å². The molecule has 6 N–H and O–H groups in total. The van der Waals surface area contributed by atoms with Crippen molar-refractivity contribution in [2.45, 2.75) is 125 Å². The number of carbonyl (C=O) groups excluding carboxylic acids is 6. The van der Waals surface area contributed by atoms with Gasteiger partial charge in [0.25, 0.3) is 5.91 Å². The number of primary amides is 1. The molecule has 1 aliphatic carbocycles. The molecule has 0 spiro atoms. The molecule has 5 atom stereocenters. The van der Waals surface area contributed by atoms with Crippen LogP contribution in [0.2, 0.25) is 0 Å². The van der Waals surface area contributed by atoms with E-state index in [1.165, 1.54) is 4.90 Å². The maximum atomic E-state index is 14.4. The lowest BCUT2D eigenvalue weighted by molar-refractivity contribution is -0.144. The van der Waals surface area contributed by atoms with Gasteiger partial charge in [0, 0.05) is 13.1 Å². The standard InChI is InChI=1S/C37H58N6O6/c1-22(2)25-19-20-43(27(25)32(46)40-26(28(44)31(38)45)18-17-23-15-12-16-23)34(48)30(37(6,7)8)42-35(49)41-29(36(3,4)5)33(47)39-21-24-13-10-9-11-14-24/h9-11,13-14,22-23,25-27,29-30H,12,15-21H2,1-8H3,(H2,38,45)(H,39,47)(H,40,46)(H2,41,42,49)/t25-,26?,27+,29-,30-/m1/s1. The largest absolute Gasteiger partial charge is 0.363 e. The van der Waals surface area contributed by atoms with Gasteiger partial charge in [0.2, 0.25) is 23.5 Å². The summed E-state index contributed by atoms with van der Waals surface area (Å²) in [4.78, 5) is 81.3. The molecule has 1 unspecified atom stereocenters. The number of urea groups is 1. The summed E-state index contributed by atoms with van der Waals surface area (Å²) in [5.41, 5.74) is 4.84. The van der Waals surface area contributed by atoms with Crippen LogP contribution in [0.25, 0.3) is 0 Å². The highest BCUT2D eigenvalue weighted by Gasteiger charge is 2.48. The molecule has 2 aliphatic rings. The normalized spacial score (nSPS) is 20.1. The van der Waals surface area contributed by atoms with Gasteiger partial charge in [-0.2, -0.15) is 0 Å². The summed E-state index contributed by atoms with van der Waals surface area (Å²) < 4.78 is 0. The molecule has 6 amide bonds. The molecule has 0 radical (unpaired) electrons. The second kappa shape index (κ2) is 16.6. The fraction of sp³-hybridized carbons (Fsp3) is 0.676. The quantitative estimate of drug-likeness (QED) is 0.188. The summed E-state index contributed by atoms with van der Waals surface area (Å²) in [5.74, 6) is -3.02. The number of nitrogens with two attached hydrogens (primary N) is 1. The number of Topliss-reactive ketones (excluding diaryl/α,β-unsaturated/α-hetero) is 1. The number of benzene rings is 1. The number of rotatable bonds is 14. The Bertz CT molecular complexity index is 1350. The lowest BCUT2D eigenvalue weighted by Crippen LogP contribution is -2.63. The van der Waals surface area contributed by atoms with Crippen LogP contribution in [0.3, 0.4) is 0 Å². The second-order valence-electron chi connectivity index (χ2n) is 16.3. The van der Waals surface area contributed by atoms with Crippen molar-refractivity contribution in [1.29, 1.82) is 0 Å². The van der Waals surface area contributed by atoms with Crippen LogP contribution in [0.1, 0.15) is 99.5 Å². The first-order chi connectivity index (χ1) is 22.8. The highest BCUT2D eigenvalue weighted by atomic mass is 16.2. The second-order valence-corrected chi connectivity index (χ2v) is 16.3. The summed E-state index contributed by atoms with van der Waals surface area (Å²) in [6.07, 6.45) is 4.76. The minimum absolute atomic E-state index is 0.0279. The van der Waals surface area contributed by atoms with E-state index in [-0.39, 0.29) is 24.3 Å². The molecule has 1 aliphatic heterocycles. The van der Waals surface area contributed by atoms with Gasteiger partial charge in [-0.3, -0.25) is 24.0 Å². The lowest BCUT2D eigenvalue weighted by atomic mass is 9.81. The molecule has 1 heterocycles. The van der Waals surface area contributed by atoms with Crippen LogP contribution in [0.4, 0.5) is 4.79 Å². The van der Waals surface area contributed by atoms with E-state index >= 15 is 0 Å². The molecular weight excluding hydrogens is 624 g/mol. The van der Waals surface area contributed by atoms with Crippen LogP contribution in [0, 0.1) is 28.6 Å². The molecule has 1 saturated carbocycles. The monoisotopic (exact) mass is 682 g/mol. The number of hydrogen-bond acceptors (Lipinski definition) is 6. The van der Waals surface area contributed by atoms with E-state index < -0.39 is 64.5 Å². The van der Waals surface area contributed by atoms with Crippen molar-refractivity contribution in [3.8, 4) is 0 Å². The zero-order valence-corrected chi connectivity index (χ0v) is 30.6. The Morgan fingerprint density at radius 2 is 1.45 bits per heavy atom. The molecular formula is C37H58N6O6. The zero-order valence-electron chi connectivity index (χ0n) is 30.6. The highest BCUT2D eigenvalue weighted by Crippen LogP contribution is 2.34. The van der Waals surface area contributed by atoms with Crippen LogP contribution in [-0.4, -0.2) is 71.1 Å². The molecule has 12 nitrogen and oxygen atoms in total. The van der Waals surface area contributed by atoms with Gasteiger partial charge in [-0.25, -0.2) is 4.79 Å². The molecule has 1 aromatic rings. The molecule has 2 fully saturated rings. The van der Waals surface area contributed by atoms with Crippen molar-refractivity contribution in [2.75, 3.05) is 6.54 Å². The molecule has 1 aromatic carbocycles. The molecule has 1 saturated heterocycles. The maximum Gasteiger partial charge on any atom is 0.316 e. The number of ketones is 1. The van der Waals surface area contributed by atoms with Crippen LogP contribution in [0.5, 0.6) is 0 Å². The Morgan fingerprint density at radius 3 is 1.96 bits per heavy atom. The van der Waals surface area contributed by atoms with Crippen LogP contribution < -0.4 is 27.0 Å². The number of likely N-dealkylation sites (tertiary alicyclic amines) is 1. The average molecular weight is 683 g/mol. The van der Waals surface area contributed by atoms with E-state index in [0.29, 0.717) is 31.7 Å². The summed E-state index contributed by atoms with van der Waals surface area (Å²) >= 11 is 0. The molecule has 12 heteroatoms. The third-order valence-electron chi connectivity index (χ3n) is 9.92. The summed E-state index contributed by atoms with van der Waals surface area (Å²) in [7, 11) is 0. The Kier molecular flexibility index (Phi) is 13.4. The van der Waals surface area contributed by atoms with E-state index in [9.17, 15) is 28.8 Å². The third-order valence-corrected chi connectivity index (χ3v) is 9.92. The molecule has 49 heavy (non-hydrogen) atoms. The number of hydrogen-bond donors (Lipinski definition) is 5. The fourth-order valence-corrected chi connectivity index (χ4v) is 6.66. The molecule has 0 aromatic heterocycles. The van der Waals surface area contributed by atoms with Gasteiger partial charge >= 0.3 is 6.03 Å². The number of nitrogens with zero attached hydrogens (tertiary/aromatic N) is 1. The minimum atomic E-state index is -1.11.